The zero-order chi connectivity index (χ0) is 15.2. The van der Waals surface area contributed by atoms with Crippen LogP contribution in [0.5, 0.6) is 0 Å². The van der Waals surface area contributed by atoms with Crippen LogP contribution in [0.25, 0.3) is 0 Å². The van der Waals surface area contributed by atoms with Crippen molar-refractivity contribution in [2.75, 3.05) is 13.6 Å². The fraction of sp³-hybridized carbons (Fsp3) is 0.250. The van der Waals surface area contributed by atoms with E-state index in [9.17, 15) is 4.79 Å². The van der Waals surface area contributed by atoms with Crippen molar-refractivity contribution in [2.24, 2.45) is 12.8 Å². The van der Waals surface area contributed by atoms with Crippen LogP contribution in [-0.4, -0.2) is 34.0 Å². The van der Waals surface area contributed by atoms with Crippen molar-refractivity contribution in [3.05, 3.63) is 53.6 Å². The Bertz CT molecular complexity index is 694. The predicted molar refractivity (Wildman–Crippen MR) is 81.4 cm³/mol. The van der Waals surface area contributed by atoms with Gasteiger partial charge < -0.3 is 15.2 Å². The molecule has 0 aliphatic heterocycles. The largest absolute Gasteiger partial charge is 0.336 e. The SMILES string of the molecule is CN(Cc1cccc(C#CCN)c1)C(=O)c1cncn1C. The maximum atomic E-state index is 12.3. The average molecular weight is 282 g/mol. The molecule has 0 bridgehead atoms. The zero-order valence-electron chi connectivity index (χ0n) is 12.2. The Labute approximate surface area is 124 Å². The summed E-state index contributed by atoms with van der Waals surface area (Å²) in [6, 6.07) is 7.80. The topological polar surface area (TPSA) is 64.2 Å². The van der Waals surface area contributed by atoms with Crippen LogP contribution in [-0.2, 0) is 13.6 Å². The Balaban J connectivity index is 2.11. The molecule has 0 saturated heterocycles. The Morgan fingerprint density at radius 2 is 2.29 bits per heavy atom. The molecular weight excluding hydrogens is 264 g/mol. The summed E-state index contributed by atoms with van der Waals surface area (Å²) in [7, 11) is 3.57. The van der Waals surface area contributed by atoms with Gasteiger partial charge in [-0.25, -0.2) is 4.98 Å². The lowest BCUT2D eigenvalue weighted by atomic mass is 10.1. The molecule has 1 amide bonds. The van der Waals surface area contributed by atoms with E-state index in [0.717, 1.165) is 11.1 Å². The van der Waals surface area contributed by atoms with E-state index in [1.807, 2.05) is 24.3 Å². The fourth-order valence-electron chi connectivity index (χ4n) is 2.01. The molecule has 0 aliphatic rings. The summed E-state index contributed by atoms with van der Waals surface area (Å²) in [5, 5.41) is 0. The van der Waals surface area contributed by atoms with Gasteiger partial charge in [-0.1, -0.05) is 24.0 Å². The molecule has 0 saturated carbocycles. The molecule has 0 radical (unpaired) electrons. The number of nitrogens with zero attached hydrogens (tertiary/aromatic N) is 3. The molecule has 1 aromatic heterocycles. The van der Waals surface area contributed by atoms with E-state index >= 15 is 0 Å². The van der Waals surface area contributed by atoms with Gasteiger partial charge in [0.25, 0.3) is 5.91 Å². The van der Waals surface area contributed by atoms with Crippen LogP contribution in [0.4, 0.5) is 0 Å². The monoisotopic (exact) mass is 282 g/mol. The van der Waals surface area contributed by atoms with Gasteiger partial charge in [0.1, 0.15) is 5.69 Å². The summed E-state index contributed by atoms with van der Waals surface area (Å²) >= 11 is 0. The molecule has 2 rings (SSSR count). The standard InChI is InChI=1S/C16H18N4O/c1-19(16(21)15-10-18-12-20(15)2)11-14-6-3-5-13(9-14)7-4-8-17/h3,5-6,9-10,12H,8,11,17H2,1-2H3. The lowest BCUT2D eigenvalue weighted by molar-refractivity contribution is 0.0775. The first kappa shape index (κ1) is 14.8. The van der Waals surface area contributed by atoms with Crippen LogP contribution in [0, 0.1) is 11.8 Å². The Kier molecular flexibility index (Phi) is 4.75. The average Bonchev–Trinajstić information content (AvgIpc) is 2.90. The van der Waals surface area contributed by atoms with Crippen molar-refractivity contribution >= 4 is 5.91 Å². The second-order valence-corrected chi connectivity index (χ2v) is 4.76. The Hall–Kier alpha value is -2.58. The number of aromatic nitrogens is 2. The smallest absolute Gasteiger partial charge is 0.272 e. The summed E-state index contributed by atoms with van der Waals surface area (Å²) < 4.78 is 1.71. The minimum atomic E-state index is -0.0616. The van der Waals surface area contributed by atoms with Crippen molar-refractivity contribution in [2.45, 2.75) is 6.54 Å². The van der Waals surface area contributed by atoms with E-state index in [1.165, 1.54) is 0 Å². The first-order chi connectivity index (χ1) is 10.1. The third-order valence-electron chi connectivity index (χ3n) is 3.06. The molecule has 2 aromatic rings. The van der Waals surface area contributed by atoms with Crippen LogP contribution in [0.2, 0.25) is 0 Å². The van der Waals surface area contributed by atoms with Gasteiger partial charge in [-0.2, -0.15) is 0 Å². The summed E-state index contributed by atoms with van der Waals surface area (Å²) in [5.74, 6) is 5.75. The number of imidazole rings is 1. The molecule has 108 valence electrons. The number of hydrogen-bond acceptors (Lipinski definition) is 3. The van der Waals surface area contributed by atoms with E-state index in [0.29, 0.717) is 18.8 Å². The summed E-state index contributed by atoms with van der Waals surface area (Å²) in [6.45, 7) is 0.852. The van der Waals surface area contributed by atoms with Crippen LogP contribution in [0.15, 0.2) is 36.8 Å². The number of rotatable bonds is 3. The lowest BCUT2D eigenvalue weighted by Gasteiger charge is -2.17. The quantitative estimate of drug-likeness (QED) is 0.854. The maximum absolute atomic E-state index is 12.3. The minimum Gasteiger partial charge on any atom is -0.336 e. The first-order valence-electron chi connectivity index (χ1n) is 6.61. The summed E-state index contributed by atoms with van der Waals surface area (Å²) in [5.41, 5.74) is 7.86. The van der Waals surface area contributed by atoms with Gasteiger partial charge in [0.2, 0.25) is 0 Å². The van der Waals surface area contributed by atoms with Crippen molar-refractivity contribution < 1.29 is 4.79 Å². The van der Waals surface area contributed by atoms with Crippen molar-refractivity contribution in [1.29, 1.82) is 0 Å². The van der Waals surface area contributed by atoms with Crippen LogP contribution in [0.1, 0.15) is 21.6 Å². The molecule has 5 heteroatoms. The molecule has 1 aromatic carbocycles. The maximum Gasteiger partial charge on any atom is 0.272 e. The van der Waals surface area contributed by atoms with Crippen LogP contribution >= 0.6 is 0 Å². The summed E-state index contributed by atoms with van der Waals surface area (Å²) in [4.78, 5) is 17.9. The molecule has 0 unspecified atom stereocenters. The highest BCUT2D eigenvalue weighted by molar-refractivity contribution is 5.92. The number of amides is 1. The summed E-state index contributed by atoms with van der Waals surface area (Å²) in [6.07, 6.45) is 3.19. The van der Waals surface area contributed by atoms with Crippen molar-refractivity contribution in [1.82, 2.24) is 14.5 Å². The van der Waals surface area contributed by atoms with Gasteiger partial charge in [-0.05, 0) is 17.7 Å². The third-order valence-corrected chi connectivity index (χ3v) is 3.06. The molecule has 5 nitrogen and oxygen atoms in total. The molecule has 1 heterocycles. The molecule has 0 aliphatic carbocycles. The van der Waals surface area contributed by atoms with E-state index in [2.05, 4.69) is 16.8 Å². The van der Waals surface area contributed by atoms with Crippen molar-refractivity contribution in [3.8, 4) is 11.8 Å². The Morgan fingerprint density at radius 3 is 2.95 bits per heavy atom. The molecule has 0 fully saturated rings. The Morgan fingerprint density at radius 1 is 1.48 bits per heavy atom. The van der Waals surface area contributed by atoms with Crippen LogP contribution < -0.4 is 5.73 Å². The predicted octanol–water partition coefficient (Wildman–Crippen LogP) is 1.00. The van der Waals surface area contributed by atoms with E-state index in [-0.39, 0.29) is 5.91 Å². The fourth-order valence-corrected chi connectivity index (χ4v) is 2.01. The van der Waals surface area contributed by atoms with Gasteiger partial charge in [0.15, 0.2) is 0 Å². The zero-order valence-corrected chi connectivity index (χ0v) is 12.2. The number of aryl methyl sites for hydroxylation is 1. The van der Waals surface area contributed by atoms with Crippen molar-refractivity contribution in [3.63, 3.8) is 0 Å². The van der Waals surface area contributed by atoms with Gasteiger partial charge in [0.05, 0.1) is 19.1 Å². The van der Waals surface area contributed by atoms with E-state index in [4.69, 9.17) is 5.73 Å². The first-order valence-corrected chi connectivity index (χ1v) is 6.61. The number of nitrogens with two attached hydrogens (primary N) is 1. The number of benzene rings is 1. The third kappa shape index (κ3) is 3.71. The van der Waals surface area contributed by atoms with Gasteiger partial charge in [-0.15, -0.1) is 0 Å². The van der Waals surface area contributed by atoms with E-state index < -0.39 is 0 Å². The molecule has 21 heavy (non-hydrogen) atoms. The highest BCUT2D eigenvalue weighted by Gasteiger charge is 2.15. The van der Waals surface area contributed by atoms with Gasteiger partial charge >= 0.3 is 0 Å². The number of carbonyl (C=O) groups is 1. The van der Waals surface area contributed by atoms with E-state index in [1.54, 1.807) is 36.1 Å². The normalized spacial score (nSPS) is 9.86. The molecule has 0 spiro atoms. The molecule has 2 N–H and O–H groups in total. The molecular formula is C16H18N4O. The second-order valence-electron chi connectivity index (χ2n) is 4.76. The second kappa shape index (κ2) is 6.73. The lowest BCUT2D eigenvalue weighted by Crippen LogP contribution is -2.27. The van der Waals surface area contributed by atoms with Gasteiger partial charge in [0, 0.05) is 26.2 Å². The minimum absolute atomic E-state index is 0.0616. The van der Waals surface area contributed by atoms with Gasteiger partial charge in [-0.3, -0.25) is 4.79 Å². The molecule has 0 atom stereocenters. The highest BCUT2D eigenvalue weighted by Crippen LogP contribution is 2.09. The number of hydrogen-bond donors (Lipinski definition) is 1. The number of carbonyl (C=O) groups excluding carboxylic acids is 1. The van der Waals surface area contributed by atoms with Crippen LogP contribution in [0.3, 0.4) is 0 Å². The highest BCUT2D eigenvalue weighted by atomic mass is 16.2.